The van der Waals surface area contributed by atoms with E-state index in [0.717, 1.165) is 25.9 Å². The van der Waals surface area contributed by atoms with Gasteiger partial charge in [-0.15, -0.1) is 0 Å². The number of hydrogen-bond acceptors (Lipinski definition) is 5. The van der Waals surface area contributed by atoms with E-state index in [0.29, 0.717) is 12.4 Å². The van der Waals surface area contributed by atoms with Crippen molar-refractivity contribution in [2.24, 2.45) is 0 Å². The SMILES string of the molecule is COc1ccc(OCC[C@H]2CCCO2)c([N+](=O)[O-])c1. The Morgan fingerprint density at radius 3 is 3.00 bits per heavy atom. The molecule has 104 valence electrons. The van der Waals surface area contributed by atoms with Crippen LogP contribution in [0.2, 0.25) is 0 Å². The molecule has 0 aromatic heterocycles. The monoisotopic (exact) mass is 267 g/mol. The van der Waals surface area contributed by atoms with Crippen molar-refractivity contribution in [3.8, 4) is 11.5 Å². The summed E-state index contributed by atoms with van der Waals surface area (Å²) in [6.45, 7) is 1.21. The minimum atomic E-state index is -0.468. The quantitative estimate of drug-likeness (QED) is 0.585. The fourth-order valence-electron chi connectivity index (χ4n) is 2.06. The molecule has 1 heterocycles. The molecule has 0 spiro atoms. The van der Waals surface area contributed by atoms with Gasteiger partial charge in [-0.2, -0.15) is 0 Å². The molecule has 0 N–H and O–H groups in total. The summed E-state index contributed by atoms with van der Waals surface area (Å²) >= 11 is 0. The van der Waals surface area contributed by atoms with E-state index in [1.807, 2.05) is 0 Å². The van der Waals surface area contributed by atoms with Gasteiger partial charge in [0.15, 0.2) is 5.75 Å². The molecule has 1 aromatic rings. The molecule has 19 heavy (non-hydrogen) atoms. The van der Waals surface area contributed by atoms with Crippen LogP contribution in [0, 0.1) is 10.1 Å². The Kier molecular flexibility index (Phi) is 4.57. The fraction of sp³-hybridized carbons (Fsp3) is 0.538. The van der Waals surface area contributed by atoms with E-state index in [1.165, 1.54) is 13.2 Å². The third-order valence-electron chi connectivity index (χ3n) is 3.08. The van der Waals surface area contributed by atoms with Crippen molar-refractivity contribution >= 4 is 5.69 Å². The van der Waals surface area contributed by atoms with Gasteiger partial charge in [-0.1, -0.05) is 0 Å². The van der Waals surface area contributed by atoms with Crippen molar-refractivity contribution in [2.45, 2.75) is 25.4 Å². The minimum absolute atomic E-state index is 0.0771. The van der Waals surface area contributed by atoms with Crippen molar-refractivity contribution in [2.75, 3.05) is 20.3 Å². The molecule has 1 saturated heterocycles. The van der Waals surface area contributed by atoms with Crippen molar-refractivity contribution in [3.05, 3.63) is 28.3 Å². The van der Waals surface area contributed by atoms with E-state index in [-0.39, 0.29) is 17.5 Å². The first-order chi connectivity index (χ1) is 9.20. The topological polar surface area (TPSA) is 70.8 Å². The second-order valence-electron chi connectivity index (χ2n) is 4.36. The predicted octanol–water partition coefficient (Wildman–Crippen LogP) is 2.55. The second-order valence-corrected chi connectivity index (χ2v) is 4.36. The summed E-state index contributed by atoms with van der Waals surface area (Å²) < 4.78 is 15.9. The van der Waals surface area contributed by atoms with E-state index in [1.54, 1.807) is 12.1 Å². The number of nitro groups is 1. The molecule has 2 rings (SSSR count). The smallest absolute Gasteiger partial charge is 0.314 e. The maximum atomic E-state index is 11.0. The van der Waals surface area contributed by atoms with Gasteiger partial charge in [-0.3, -0.25) is 10.1 Å². The van der Waals surface area contributed by atoms with E-state index >= 15 is 0 Å². The van der Waals surface area contributed by atoms with Crippen LogP contribution in [0.25, 0.3) is 0 Å². The number of ether oxygens (including phenoxy) is 3. The Bertz CT molecular complexity index is 443. The molecule has 0 aliphatic carbocycles. The Hall–Kier alpha value is -1.82. The lowest BCUT2D eigenvalue weighted by atomic mass is 10.2. The third kappa shape index (κ3) is 3.57. The maximum absolute atomic E-state index is 11.0. The van der Waals surface area contributed by atoms with Gasteiger partial charge in [0.2, 0.25) is 0 Å². The van der Waals surface area contributed by atoms with Gasteiger partial charge in [-0.05, 0) is 25.0 Å². The first-order valence-electron chi connectivity index (χ1n) is 6.27. The Morgan fingerprint density at radius 1 is 1.53 bits per heavy atom. The second kappa shape index (κ2) is 6.38. The Labute approximate surface area is 111 Å². The van der Waals surface area contributed by atoms with Crippen molar-refractivity contribution < 1.29 is 19.1 Å². The molecule has 0 amide bonds. The minimum Gasteiger partial charge on any atom is -0.496 e. The van der Waals surface area contributed by atoms with Gasteiger partial charge in [0, 0.05) is 13.0 Å². The highest BCUT2D eigenvalue weighted by atomic mass is 16.6. The highest BCUT2D eigenvalue weighted by Crippen LogP contribution is 2.31. The lowest BCUT2D eigenvalue weighted by molar-refractivity contribution is -0.386. The van der Waals surface area contributed by atoms with Crippen LogP contribution < -0.4 is 9.47 Å². The number of nitrogens with zero attached hydrogens (tertiary/aromatic N) is 1. The van der Waals surface area contributed by atoms with Crippen molar-refractivity contribution in [3.63, 3.8) is 0 Å². The molecule has 0 bridgehead atoms. The first-order valence-corrected chi connectivity index (χ1v) is 6.27. The number of hydrogen-bond donors (Lipinski definition) is 0. The van der Waals surface area contributed by atoms with E-state index in [4.69, 9.17) is 14.2 Å². The molecule has 6 heteroatoms. The molecule has 0 unspecified atom stereocenters. The normalized spacial score (nSPS) is 18.3. The zero-order valence-electron chi connectivity index (χ0n) is 10.8. The summed E-state index contributed by atoms with van der Waals surface area (Å²) in [5, 5.41) is 11.0. The zero-order chi connectivity index (χ0) is 13.7. The summed E-state index contributed by atoms with van der Waals surface area (Å²) in [5.74, 6) is 0.710. The van der Waals surface area contributed by atoms with Gasteiger partial charge in [0.25, 0.3) is 0 Å². The molecule has 6 nitrogen and oxygen atoms in total. The molecule has 1 atom stereocenters. The zero-order valence-corrected chi connectivity index (χ0v) is 10.8. The lowest BCUT2D eigenvalue weighted by Gasteiger charge is -2.11. The van der Waals surface area contributed by atoms with Gasteiger partial charge >= 0.3 is 5.69 Å². The highest BCUT2D eigenvalue weighted by Gasteiger charge is 2.18. The third-order valence-corrected chi connectivity index (χ3v) is 3.08. The van der Waals surface area contributed by atoms with Gasteiger partial charge in [0.1, 0.15) is 5.75 Å². The van der Waals surface area contributed by atoms with Crippen molar-refractivity contribution in [1.29, 1.82) is 0 Å². The van der Waals surface area contributed by atoms with Crippen LogP contribution in [0.4, 0.5) is 5.69 Å². The highest BCUT2D eigenvalue weighted by molar-refractivity contribution is 5.50. The van der Waals surface area contributed by atoms with Crippen LogP contribution in [-0.2, 0) is 4.74 Å². The first kappa shape index (κ1) is 13.6. The van der Waals surface area contributed by atoms with Crippen LogP contribution in [0.5, 0.6) is 11.5 Å². The van der Waals surface area contributed by atoms with Crippen LogP contribution in [0.15, 0.2) is 18.2 Å². The number of rotatable bonds is 6. The average Bonchev–Trinajstić information content (AvgIpc) is 2.92. The van der Waals surface area contributed by atoms with Crippen LogP contribution >= 0.6 is 0 Å². The fourth-order valence-corrected chi connectivity index (χ4v) is 2.06. The van der Waals surface area contributed by atoms with Gasteiger partial charge in [0.05, 0.1) is 30.8 Å². The summed E-state index contributed by atoms with van der Waals surface area (Å²) in [4.78, 5) is 10.5. The Balaban J connectivity index is 1.96. The van der Waals surface area contributed by atoms with Gasteiger partial charge < -0.3 is 14.2 Å². The predicted molar refractivity (Wildman–Crippen MR) is 68.7 cm³/mol. The number of benzene rings is 1. The summed E-state index contributed by atoms with van der Waals surface area (Å²) in [6.07, 6.45) is 3.09. The molecular weight excluding hydrogens is 250 g/mol. The number of methoxy groups -OCH3 is 1. The van der Waals surface area contributed by atoms with Crippen LogP contribution in [0.1, 0.15) is 19.3 Å². The molecule has 1 aliphatic rings. The van der Waals surface area contributed by atoms with Crippen LogP contribution in [-0.4, -0.2) is 31.4 Å². The molecule has 1 aliphatic heterocycles. The average molecular weight is 267 g/mol. The molecule has 0 saturated carbocycles. The standard InChI is InChI=1S/C13H17NO5/c1-17-11-4-5-13(12(9-11)14(15)16)19-8-6-10-3-2-7-18-10/h4-5,9-10H,2-3,6-8H2,1H3/t10-/m1/s1. The molecular formula is C13H17NO5. The summed E-state index contributed by atoms with van der Waals surface area (Å²) in [6, 6.07) is 4.57. The van der Waals surface area contributed by atoms with E-state index in [9.17, 15) is 10.1 Å². The lowest BCUT2D eigenvalue weighted by Crippen LogP contribution is -2.11. The van der Waals surface area contributed by atoms with E-state index < -0.39 is 4.92 Å². The van der Waals surface area contributed by atoms with E-state index in [2.05, 4.69) is 0 Å². The Morgan fingerprint density at radius 2 is 2.37 bits per heavy atom. The molecule has 1 fully saturated rings. The largest absolute Gasteiger partial charge is 0.496 e. The van der Waals surface area contributed by atoms with Crippen LogP contribution in [0.3, 0.4) is 0 Å². The van der Waals surface area contributed by atoms with Crippen molar-refractivity contribution in [1.82, 2.24) is 0 Å². The molecule has 1 aromatic carbocycles. The maximum Gasteiger partial charge on any atom is 0.314 e. The molecule has 0 radical (unpaired) electrons. The van der Waals surface area contributed by atoms with Gasteiger partial charge in [-0.25, -0.2) is 0 Å². The summed E-state index contributed by atoms with van der Waals surface area (Å²) in [7, 11) is 1.47. The summed E-state index contributed by atoms with van der Waals surface area (Å²) in [5.41, 5.74) is -0.0771. The number of nitro benzene ring substituents is 1.